The van der Waals surface area contributed by atoms with E-state index >= 15 is 0 Å². The van der Waals surface area contributed by atoms with Crippen LogP contribution in [0.5, 0.6) is 11.5 Å². The predicted molar refractivity (Wildman–Crippen MR) is 76.7 cm³/mol. The molecule has 0 aromatic heterocycles. The molecule has 2 aromatic rings. The minimum atomic E-state index is -0.0837. The van der Waals surface area contributed by atoms with Crippen molar-refractivity contribution in [3.05, 3.63) is 57.5 Å². The van der Waals surface area contributed by atoms with Gasteiger partial charge in [-0.05, 0) is 46.3 Å². The van der Waals surface area contributed by atoms with Gasteiger partial charge in [-0.15, -0.1) is 0 Å². The molecule has 0 aliphatic heterocycles. The zero-order valence-corrected chi connectivity index (χ0v) is 11.6. The molecule has 2 rings (SSSR count). The van der Waals surface area contributed by atoms with Crippen molar-refractivity contribution in [3.8, 4) is 11.5 Å². The van der Waals surface area contributed by atoms with E-state index in [0.29, 0.717) is 22.1 Å². The molecule has 0 spiro atoms. The second kappa shape index (κ2) is 5.42. The SMILES string of the molecule is N=C(N)c1cc(Cl)ccc1Oc1ccccc1Br. The fourth-order valence-corrected chi connectivity index (χ4v) is 1.99. The Hall–Kier alpha value is -1.52. The van der Waals surface area contributed by atoms with Gasteiger partial charge in [-0.2, -0.15) is 0 Å². The number of nitrogens with one attached hydrogen (secondary N) is 1. The number of amidine groups is 1. The summed E-state index contributed by atoms with van der Waals surface area (Å²) in [6, 6.07) is 12.4. The number of halogens is 2. The monoisotopic (exact) mass is 324 g/mol. The second-order valence-corrected chi connectivity index (χ2v) is 4.88. The number of nitrogens with two attached hydrogens (primary N) is 1. The van der Waals surface area contributed by atoms with Gasteiger partial charge >= 0.3 is 0 Å². The first-order valence-electron chi connectivity index (χ1n) is 5.14. The summed E-state index contributed by atoms with van der Waals surface area (Å²) in [5.74, 6) is 1.07. The quantitative estimate of drug-likeness (QED) is 0.657. The average Bonchev–Trinajstić information content (AvgIpc) is 2.34. The maximum absolute atomic E-state index is 7.52. The largest absolute Gasteiger partial charge is 0.455 e. The molecule has 5 heteroatoms. The number of rotatable bonds is 3. The van der Waals surface area contributed by atoms with Gasteiger partial charge in [0.15, 0.2) is 0 Å². The Bertz CT molecular complexity index is 601. The molecule has 18 heavy (non-hydrogen) atoms. The number of hydrogen-bond acceptors (Lipinski definition) is 2. The standard InChI is InChI=1S/C13H10BrClN2O/c14-10-3-1-2-4-12(10)18-11-6-5-8(15)7-9(11)13(16)17/h1-7H,(H3,16,17). The lowest BCUT2D eigenvalue weighted by Crippen LogP contribution is -2.12. The van der Waals surface area contributed by atoms with Crippen molar-refractivity contribution in [1.82, 2.24) is 0 Å². The highest BCUT2D eigenvalue weighted by Gasteiger charge is 2.10. The third kappa shape index (κ3) is 2.83. The molecule has 0 aliphatic rings. The normalized spacial score (nSPS) is 10.1. The molecular formula is C13H10BrClN2O. The highest BCUT2D eigenvalue weighted by atomic mass is 79.9. The minimum absolute atomic E-state index is 0.0837. The number of hydrogen-bond donors (Lipinski definition) is 2. The van der Waals surface area contributed by atoms with E-state index in [1.165, 1.54) is 0 Å². The van der Waals surface area contributed by atoms with Gasteiger partial charge in [0.05, 0.1) is 10.0 Å². The molecule has 3 N–H and O–H groups in total. The molecular weight excluding hydrogens is 316 g/mol. The third-order valence-corrected chi connectivity index (χ3v) is 3.18. The van der Waals surface area contributed by atoms with Gasteiger partial charge in [0.2, 0.25) is 0 Å². The molecule has 0 heterocycles. The first-order chi connectivity index (χ1) is 8.58. The molecule has 2 aromatic carbocycles. The van der Waals surface area contributed by atoms with Crippen LogP contribution in [0.4, 0.5) is 0 Å². The fraction of sp³-hybridized carbons (Fsp3) is 0. The highest BCUT2D eigenvalue weighted by molar-refractivity contribution is 9.10. The van der Waals surface area contributed by atoms with Crippen LogP contribution >= 0.6 is 27.5 Å². The number of ether oxygens (including phenoxy) is 1. The fourth-order valence-electron chi connectivity index (χ4n) is 1.45. The van der Waals surface area contributed by atoms with Crippen molar-refractivity contribution in [2.24, 2.45) is 5.73 Å². The summed E-state index contributed by atoms with van der Waals surface area (Å²) in [6.45, 7) is 0. The lowest BCUT2D eigenvalue weighted by atomic mass is 10.2. The van der Waals surface area contributed by atoms with Gasteiger partial charge in [0.25, 0.3) is 0 Å². The van der Waals surface area contributed by atoms with Gasteiger partial charge in [-0.1, -0.05) is 23.7 Å². The first-order valence-corrected chi connectivity index (χ1v) is 6.31. The van der Waals surface area contributed by atoms with Gasteiger partial charge in [0.1, 0.15) is 17.3 Å². The van der Waals surface area contributed by atoms with Crippen LogP contribution in [0.25, 0.3) is 0 Å². The first kappa shape index (κ1) is 12.9. The van der Waals surface area contributed by atoms with Crippen LogP contribution in [0.15, 0.2) is 46.9 Å². The third-order valence-electron chi connectivity index (χ3n) is 2.29. The van der Waals surface area contributed by atoms with Crippen LogP contribution in [0, 0.1) is 5.41 Å². The maximum atomic E-state index is 7.52. The lowest BCUT2D eigenvalue weighted by Gasteiger charge is -2.11. The van der Waals surface area contributed by atoms with Crippen LogP contribution in [0.1, 0.15) is 5.56 Å². The van der Waals surface area contributed by atoms with E-state index in [9.17, 15) is 0 Å². The summed E-state index contributed by atoms with van der Waals surface area (Å²) in [5, 5.41) is 8.03. The van der Waals surface area contributed by atoms with Gasteiger partial charge in [-0.25, -0.2) is 0 Å². The number of benzene rings is 2. The van der Waals surface area contributed by atoms with Crippen LogP contribution in [-0.2, 0) is 0 Å². The van der Waals surface area contributed by atoms with Crippen LogP contribution in [-0.4, -0.2) is 5.84 Å². The lowest BCUT2D eigenvalue weighted by molar-refractivity contribution is 0.478. The van der Waals surface area contributed by atoms with Crippen LogP contribution < -0.4 is 10.5 Å². The Labute approximate surface area is 118 Å². The molecule has 3 nitrogen and oxygen atoms in total. The average molecular weight is 326 g/mol. The van der Waals surface area contributed by atoms with Gasteiger partial charge < -0.3 is 10.5 Å². The van der Waals surface area contributed by atoms with E-state index in [2.05, 4.69) is 15.9 Å². The topological polar surface area (TPSA) is 59.1 Å². The van der Waals surface area contributed by atoms with Crippen molar-refractivity contribution < 1.29 is 4.74 Å². The Morgan fingerprint density at radius 3 is 2.56 bits per heavy atom. The molecule has 0 unspecified atom stereocenters. The summed E-state index contributed by atoms with van der Waals surface area (Å²) in [7, 11) is 0. The van der Waals surface area contributed by atoms with E-state index in [-0.39, 0.29) is 5.84 Å². The summed E-state index contributed by atoms with van der Waals surface area (Å²) in [6.07, 6.45) is 0. The minimum Gasteiger partial charge on any atom is -0.455 e. The van der Waals surface area contributed by atoms with E-state index in [0.717, 1.165) is 4.47 Å². The molecule has 0 radical (unpaired) electrons. The number of para-hydroxylation sites is 1. The van der Waals surface area contributed by atoms with E-state index in [4.69, 9.17) is 27.5 Å². The summed E-state index contributed by atoms with van der Waals surface area (Å²) >= 11 is 9.27. The molecule has 92 valence electrons. The van der Waals surface area contributed by atoms with Crippen molar-refractivity contribution in [2.75, 3.05) is 0 Å². The van der Waals surface area contributed by atoms with Crippen molar-refractivity contribution >= 4 is 33.4 Å². The number of nitrogen functional groups attached to an aromatic ring is 1. The maximum Gasteiger partial charge on any atom is 0.141 e. The Balaban J connectivity index is 2.41. The highest BCUT2D eigenvalue weighted by Crippen LogP contribution is 2.32. The summed E-state index contributed by atoms with van der Waals surface area (Å²) < 4.78 is 6.56. The van der Waals surface area contributed by atoms with E-state index in [1.54, 1.807) is 18.2 Å². The van der Waals surface area contributed by atoms with Crippen molar-refractivity contribution in [1.29, 1.82) is 5.41 Å². The predicted octanol–water partition coefficient (Wildman–Crippen LogP) is 4.18. The van der Waals surface area contributed by atoms with E-state index < -0.39 is 0 Å². The zero-order chi connectivity index (χ0) is 13.1. The Morgan fingerprint density at radius 2 is 1.89 bits per heavy atom. The van der Waals surface area contributed by atoms with Crippen molar-refractivity contribution in [3.63, 3.8) is 0 Å². The molecule has 0 saturated carbocycles. The molecule has 0 saturated heterocycles. The van der Waals surface area contributed by atoms with Gasteiger partial charge in [-0.3, -0.25) is 5.41 Å². The molecule has 0 amide bonds. The van der Waals surface area contributed by atoms with E-state index in [1.807, 2.05) is 24.3 Å². The van der Waals surface area contributed by atoms with Crippen LogP contribution in [0.2, 0.25) is 5.02 Å². The molecule has 0 aliphatic carbocycles. The van der Waals surface area contributed by atoms with Gasteiger partial charge in [0, 0.05) is 5.02 Å². The smallest absolute Gasteiger partial charge is 0.141 e. The van der Waals surface area contributed by atoms with Crippen molar-refractivity contribution in [2.45, 2.75) is 0 Å². The Kier molecular flexibility index (Phi) is 3.89. The molecule has 0 fully saturated rings. The zero-order valence-electron chi connectivity index (χ0n) is 9.28. The summed E-state index contributed by atoms with van der Waals surface area (Å²) in [4.78, 5) is 0. The van der Waals surface area contributed by atoms with Crippen LogP contribution in [0.3, 0.4) is 0 Å². The Morgan fingerprint density at radius 1 is 1.17 bits per heavy atom. The molecule has 0 bridgehead atoms. The summed E-state index contributed by atoms with van der Waals surface area (Å²) in [5.41, 5.74) is 5.98. The second-order valence-electron chi connectivity index (χ2n) is 3.59. The molecule has 0 atom stereocenters.